The van der Waals surface area contributed by atoms with Gasteiger partial charge in [0.2, 0.25) is 0 Å². The van der Waals surface area contributed by atoms with Crippen LogP contribution in [0, 0.1) is 23.7 Å². The summed E-state index contributed by atoms with van der Waals surface area (Å²) in [6.45, 7) is 2.36. The fourth-order valence-electron chi connectivity index (χ4n) is 7.21. The lowest BCUT2D eigenvalue weighted by Gasteiger charge is -2.29. The van der Waals surface area contributed by atoms with E-state index in [1.807, 2.05) is 12.1 Å². The quantitative estimate of drug-likeness (QED) is 0.142. The molecule has 1 aliphatic heterocycles. The van der Waals surface area contributed by atoms with Crippen molar-refractivity contribution in [3.63, 3.8) is 0 Å². The molecule has 1 saturated heterocycles. The number of benzene rings is 1. The van der Waals surface area contributed by atoms with E-state index in [9.17, 15) is 4.79 Å². The van der Waals surface area contributed by atoms with Gasteiger partial charge in [-0.3, -0.25) is 4.79 Å². The Morgan fingerprint density at radius 2 is 1.84 bits per heavy atom. The van der Waals surface area contributed by atoms with Crippen molar-refractivity contribution in [1.29, 1.82) is 0 Å². The summed E-state index contributed by atoms with van der Waals surface area (Å²) in [6.07, 6.45) is 22.9. The fraction of sp³-hybridized carbons (Fsp3) is 0.676. The highest BCUT2D eigenvalue weighted by Crippen LogP contribution is 2.49. The van der Waals surface area contributed by atoms with E-state index in [-0.39, 0.29) is 12.4 Å². The Kier molecular flexibility index (Phi) is 10.7. The maximum Gasteiger partial charge on any atom is 0.157 e. The molecule has 3 fully saturated rings. The number of fused-ring (bicyclic) bond motifs is 1. The van der Waals surface area contributed by atoms with Crippen molar-refractivity contribution in [3.8, 4) is 0 Å². The molecular weight excluding hydrogens is 472 g/mol. The molecule has 4 aliphatic rings. The van der Waals surface area contributed by atoms with Gasteiger partial charge in [-0.1, -0.05) is 80.2 Å². The molecule has 1 heterocycles. The lowest BCUT2D eigenvalue weighted by atomic mass is 9.88. The molecule has 0 aromatic heterocycles. The van der Waals surface area contributed by atoms with Crippen LogP contribution in [0.5, 0.6) is 0 Å². The molecule has 0 radical (unpaired) electrons. The first-order valence-electron chi connectivity index (χ1n) is 15.5. The van der Waals surface area contributed by atoms with E-state index < -0.39 is 0 Å². The van der Waals surface area contributed by atoms with E-state index in [1.165, 1.54) is 56.9 Å². The van der Waals surface area contributed by atoms with E-state index in [2.05, 4.69) is 36.4 Å². The van der Waals surface area contributed by atoms with Crippen LogP contribution >= 0.6 is 0 Å². The molecule has 38 heavy (non-hydrogen) atoms. The first kappa shape index (κ1) is 27.8. The Balaban J connectivity index is 1.08. The molecule has 1 aromatic rings. The summed E-state index contributed by atoms with van der Waals surface area (Å²) < 4.78 is 18.3. The third-order valence-corrected chi connectivity index (χ3v) is 9.26. The van der Waals surface area contributed by atoms with Gasteiger partial charge in [0.15, 0.2) is 12.1 Å². The number of unbranched alkanes of at least 4 members (excludes halogenated alkanes) is 2. The Bertz CT molecular complexity index is 910. The zero-order chi connectivity index (χ0) is 26.0. The second-order valence-corrected chi connectivity index (χ2v) is 12.2. The normalized spacial score (nSPS) is 29.7. The Morgan fingerprint density at radius 3 is 2.66 bits per heavy atom. The standard InChI is InChI=1S/C34H48O4/c35-30(22-26-11-6-7-12-26)17-18-31-32-23-28(15-5-2-9-19-36-25-27-13-3-1-4-14-27)21-29(32)24-33(31)38-34-16-8-10-20-37-34/h1,3-4,13-14,17-18,21,26,29,31-34H,2,5-12,15-16,19-20,22-25H2/t29?,31-,32?,33-,34?/m1/s1. The molecule has 0 spiro atoms. The molecular formula is C34H48O4. The van der Waals surface area contributed by atoms with Gasteiger partial charge in [-0.15, -0.1) is 0 Å². The van der Waals surface area contributed by atoms with Crippen LogP contribution in [0.1, 0.15) is 95.5 Å². The lowest BCUT2D eigenvalue weighted by molar-refractivity contribution is -0.192. The van der Waals surface area contributed by atoms with Crippen LogP contribution in [-0.2, 0) is 25.6 Å². The van der Waals surface area contributed by atoms with Crippen molar-refractivity contribution in [2.75, 3.05) is 13.2 Å². The van der Waals surface area contributed by atoms with Crippen LogP contribution in [0.15, 0.2) is 54.1 Å². The number of ketones is 1. The molecule has 1 aromatic carbocycles. The van der Waals surface area contributed by atoms with Crippen molar-refractivity contribution in [3.05, 3.63) is 59.7 Å². The molecule has 5 atom stereocenters. The van der Waals surface area contributed by atoms with E-state index in [0.29, 0.717) is 36.1 Å². The summed E-state index contributed by atoms with van der Waals surface area (Å²) in [7, 11) is 0. The van der Waals surface area contributed by atoms with Crippen LogP contribution in [0.3, 0.4) is 0 Å². The molecule has 4 heteroatoms. The van der Waals surface area contributed by atoms with Crippen molar-refractivity contribution < 1.29 is 19.0 Å². The predicted molar refractivity (Wildman–Crippen MR) is 152 cm³/mol. The zero-order valence-corrected chi connectivity index (χ0v) is 23.2. The number of hydrogen-bond donors (Lipinski definition) is 0. The Morgan fingerprint density at radius 1 is 1.00 bits per heavy atom. The zero-order valence-electron chi connectivity index (χ0n) is 23.2. The topological polar surface area (TPSA) is 44.8 Å². The highest BCUT2D eigenvalue weighted by atomic mass is 16.7. The van der Waals surface area contributed by atoms with Gasteiger partial charge in [-0.2, -0.15) is 0 Å². The molecule has 0 N–H and O–H groups in total. The number of carbonyl (C=O) groups is 1. The summed E-state index contributed by atoms with van der Waals surface area (Å²) in [6, 6.07) is 10.4. The second kappa shape index (κ2) is 14.6. The molecule has 3 aliphatic carbocycles. The Labute approximate surface area is 230 Å². The number of allylic oxidation sites excluding steroid dienone is 3. The smallest absolute Gasteiger partial charge is 0.157 e. The SMILES string of the molecule is O=C(C=C[C@@H]1C2CC(CCCCCOCc3ccccc3)=CC2C[C@H]1OC1CCCCO1)CC1CCCC1. The van der Waals surface area contributed by atoms with Gasteiger partial charge in [-0.25, -0.2) is 0 Å². The van der Waals surface area contributed by atoms with E-state index in [4.69, 9.17) is 14.2 Å². The van der Waals surface area contributed by atoms with E-state index >= 15 is 0 Å². The van der Waals surface area contributed by atoms with Gasteiger partial charge in [0.1, 0.15) is 0 Å². The van der Waals surface area contributed by atoms with Crippen molar-refractivity contribution in [2.24, 2.45) is 23.7 Å². The molecule has 4 nitrogen and oxygen atoms in total. The number of rotatable bonds is 14. The molecule has 0 bridgehead atoms. The van der Waals surface area contributed by atoms with E-state index in [1.54, 1.807) is 5.57 Å². The maximum absolute atomic E-state index is 12.8. The maximum atomic E-state index is 12.8. The van der Waals surface area contributed by atoms with Crippen LogP contribution < -0.4 is 0 Å². The van der Waals surface area contributed by atoms with Crippen LogP contribution in [0.4, 0.5) is 0 Å². The second-order valence-electron chi connectivity index (χ2n) is 12.2. The third-order valence-electron chi connectivity index (χ3n) is 9.26. The molecule has 3 unspecified atom stereocenters. The van der Waals surface area contributed by atoms with Crippen LogP contribution in [0.25, 0.3) is 0 Å². The monoisotopic (exact) mass is 520 g/mol. The van der Waals surface area contributed by atoms with Gasteiger partial charge in [0.05, 0.1) is 12.7 Å². The average molecular weight is 521 g/mol. The largest absolute Gasteiger partial charge is 0.377 e. The minimum atomic E-state index is -0.0646. The summed E-state index contributed by atoms with van der Waals surface area (Å²) in [5.41, 5.74) is 2.87. The summed E-state index contributed by atoms with van der Waals surface area (Å²) in [4.78, 5) is 12.8. The lowest BCUT2D eigenvalue weighted by Crippen LogP contribution is -2.30. The summed E-state index contributed by atoms with van der Waals surface area (Å²) >= 11 is 0. The molecule has 208 valence electrons. The Hall–Kier alpha value is -1.75. The minimum absolute atomic E-state index is 0.0646. The number of ether oxygens (including phenoxy) is 3. The van der Waals surface area contributed by atoms with Gasteiger partial charge >= 0.3 is 0 Å². The highest BCUT2D eigenvalue weighted by molar-refractivity contribution is 5.89. The van der Waals surface area contributed by atoms with Gasteiger partial charge in [0, 0.05) is 25.6 Å². The summed E-state index contributed by atoms with van der Waals surface area (Å²) in [5.74, 6) is 2.39. The van der Waals surface area contributed by atoms with Crippen molar-refractivity contribution in [1.82, 2.24) is 0 Å². The van der Waals surface area contributed by atoms with Crippen molar-refractivity contribution in [2.45, 2.75) is 109 Å². The van der Waals surface area contributed by atoms with Gasteiger partial charge in [-0.05, 0) is 80.8 Å². The molecule has 5 rings (SSSR count). The first-order valence-corrected chi connectivity index (χ1v) is 15.5. The average Bonchev–Trinajstić information content (AvgIpc) is 3.66. The highest BCUT2D eigenvalue weighted by Gasteiger charge is 2.45. The fourth-order valence-corrected chi connectivity index (χ4v) is 7.21. The van der Waals surface area contributed by atoms with Crippen LogP contribution in [-0.4, -0.2) is 31.4 Å². The van der Waals surface area contributed by atoms with Crippen molar-refractivity contribution >= 4 is 5.78 Å². The third kappa shape index (κ3) is 8.13. The number of hydrogen-bond acceptors (Lipinski definition) is 4. The summed E-state index contributed by atoms with van der Waals surface area (Å²) in [5, 5.41) is 0. The van der Waals surface area contributed by atoms with Gasteiger partial charge in [0.25, 0.3) is 0 Å². The predicted octanol–water partition coefficient (Wildman–Crippen LogP) is 7.96. The van der Waals surface area contributed by atoms with Crippen LogP contribution in [0.2, 0.25) is 0 Å². The minimum Gasteiger partial charge on any atom is -0.377 e. The number of carbonyl (C=O) groups excluding carboxylic acids is 1. The first-order chi connectivity index (χ1) is 18.7. The molecule has 0 amide bonds. The van der Waals surface area contributed by atoms with E-state index in [0.717, 1.165) is 51.7 Å². The molecule has 2 saturated carbocycles. The van der Waals surface area contributed by atoms with Gasteiger partial charge < -0.3 is 14.2 Å².